The van der Waals surface area contributed by atoms with Crippen LogP contribution in [0.25, 0.3) is 0 Å². The Hall–Kier alpha value is -3.96. The molecule has 1 aliphatic heterocycles. The van der Waals surface area contributed by atoms with Crippen LogP contribution in [0.5, 0.6) is 0 Å². The van der Waals surface area contributed by atoms with Gasteiger partial charge < -0.3 is 19.6 Å². The number of carbonyl (C=O) groups excluding carboxylic acids is 3. The Kier molecular flexibility index (Phi) is 10.6. The third-order valence-electron chi connectivity index (χ3n) is 7.07. The summed E-state index contributed by atoms with van der Waals surface area (Å²) >= 11 is 5.84. The maximum Gasteiger partial charge on any atom is 0.411 e. The number of ether oxygens (including phenoxy) is 2. The van der Waals surface area contributed by atoms with Gasteiger partial charge in [0.15, 0.2) is 0 Å². The van der Waals surface area contributed by atoms with Crippen molar-refractivity contribution >= 4 is 35.6 Å². The van der Waals surface area contributed by atoms with Gasteiger partial charge in [0.05, 0.1) is 42.4 Å². The van der Waals surface area contributed by atoms with Crippen LogP contribution in [0.15, 0.2) is 54.9 Å². The highest BCUT2D eigenvalue weighted by Gasteiger charge is 2.35. The van der Waals surface area contributed by atoms with Gasteiger partial charge in [-0.05, 0) is 69.0 Å². The monoisotopic (exact) mass is 631 g/mol. The van der Waals surface area contributed by atoms with Crippen molar-refractivity contribution in [2.45, 2.75) is 63.7 Å². The van der Waals surface area contributed by atoms with Crippen molar-refractivity contribution in [1.82, 2.24) is 9.88 Å². The molecule has 3 aromatic rings. The largest absolute Gasteiger partial charge is 0.444 e. The molecule has 0 spiro atoms. The van der Waals surface area contributed by atoms with E-state index in [2.05, 4.69) is 10.3 Å². The summed E-state index contributed by atoms with van der Waals surface area (Å²) in [7, 11) is 0. The molecule has 0 unspecified atom stereocenters. The molecule has 1 saturated heterocycles. The van der Waals surface area contributed by atoms with Crippen LogP contribution < -0.4 is 5.32 Å². The van der Waals surface area contributed by atoms with E-state index in [-0.39, 0.29) is 48.7 Å². The summed E-state index contributed by atoms with van der Waals surface area (Å²) in [6.07, 6.45) is 1.91. The van der Waals surface area contributed by atoms with E-state index in [4.69, 9.17) is 21.1 Å². The molecule has 12 heteroatoms. The number of carbonyl (C=O) groups is 3. The standard InChI is InChI=1S/C32H33ClF3N3O5/c1-32(2,3)44-31(42)39-16-23(43-18-22(39)17-40)8-9-24-28(36)14-37-15-29(24)38-30(41)13-25(19-5-4-6-21(34)11-19)20-7-10-26(33)27(35)12-20/h4-7,10-12,14-15,17,22-23,25H,8-9,13,16,18H2,1-3H3,(H,38,41)/t22-,23-,25-/m1/s1. The summed E-state index contributed by atoms with van der Waals surface area (Å²) in [6.45, 7) is 5.17. The number of rotatable bonds is 9. The number of morpholine rings is 1. The van der Waals surface area contributed by atoms with Crippen LogP contribution in [0.1, 0.15) is 56.2 Å². The van der Waals surface area contributed by atoms with Crippen molar-refractivity contribution in [3.05, 3.63) is 94.0 Å². The molecule has 2 amide bonds. The van der Waals surface area contributed by atoms with Gasteiger partial charge in [0.25, 0.3) is 0 Å². The first-order valence-corrected chi connectivity index (χ1v) is 14.4. The molecule has 44 heavy (non-hydrogen) atoms. The first kappa shape index (κ1) is 32.9. The first-order chi connectivity index (χ1) is 20.8. The average Bonchev–Trinajstić information content (AvgIpc) is 2.96. The highest BCUT2D eigenvalue weighted by molar-refractivity contribution is 6.30. The van der Waals surface area contributed by atoms with Crippen molar-refractivity contribution in [3.8, 4) is 0 Å². The number of aromatic nitrogens is 1. The zero-order chi connectivity index (χ0) is 32.0. The van der Waals surface area contributed by atoms with Crippen LogP contribution in [-0.4, -0.2) is 59.1 Å². The summed E-state index contributed by atoms with van der Waals surface area (Å²) in [5.74, 6) is -3.13. The molecule has 4 rings (SSSR count). The average molecular weight is 632 g/mol. The Morgan fingerprint density at radius 1 is 1.14 bits per heavy atom. The smallest absolute Gasteiger partial charge is 0.411 e. The number of nitrogens with one attached hydrogen (secondary N) is 1. The number of halogens is 4. The van der Waals surface area contributed by atoms with Gasteiger partial charge in [-0.2, -0.15) is 0 Å². The number of pyridine rings is 1. The van der Waals surface area contributed by atoms with Gasteiger partial charge >= 0.3 is 6.09 Å². The molecule has 1 N–H and O–H groups in total. The molecule has 2 heterocycles. The fourth-order valence-corrected chi connectivity index (χ4v) is 5.06. The zero-order valence-electron chi connectivity index (χ0n) is 24.5. The van der Waals surface area contributed by atoms with Crippen molar-refractivity contribution in [3.63, 3.8) is 0 Å². The molecular formula is C32H33ClF3N3O5. The number of nitrogens with zero attached hydrogens (tertiary/aromatic N) is 2. The van der Waals surface area contributed by atoms with E-state index in [1.807, 2.05) is 0 Å². The maximum atomic E-state index is 15.0. The van der Waals surface area contributed by atoms with Crippen LogP contribution >= 0.6 is 11.6 Å². The zero-order valence-corrected chi connectivity index (χ0v) is 25.2. The number of hydrogen-bond acceptors (Lipinski definition) is 6. The highest BCUT2D eigenvalue weighted by atomic mass is 35.5. The Balaban J connectivity index is 1.49. The van der Waals surface area contributed by atoms with E-state index in [0.717, 1.165) is 6.20 Å². The molecule has 8 nitrogen and oxygen atoms in total. The quantitative estimate of drug-likeness (QED) is 0.273. The summed E-state index contributed by atoms with van der Waals surface area (Å²) in [5.41, 5.74) is 0.375. The Bertz CT molecular complexity index is 1520. The van der Waals surface area contributed by atoms with Crippen LogP contribution in [0.3, 0.4) is 0 Å². The van der Waals surface area contributed by atoms with E-state index in [1.54, 1.807) is 32.9 Å². The van der Waals surface area contributed by atoms with Crippen LogP contribution in [0, 0.1) is 17.5 Å². The molecule has 0 aliphatic carbocycles. The predicted molar refractivity (Wildman–Crippen MR) is 158 cm³/mol. The normalized spacial score (nSPS) is 17.6. The summed E-state index contributed by atoms with van der Waals surface area (Å²) < 4.78 is 54.6. The van der Waals surface area contributed by atoms with E-state index in [0.29, 0.717) is 17.4 Å². The molecule has 0 saturated carbocycles. The lowest BCUT2D eigenvalue weighted by Gasteiger charge is -2.38. The third-order valence-corrected chi connectivity index (χ3v) is 7.38. The van der Waals surface area contributed by atoms with Crippen LogP contribution in [-0.2, 0) is 25.5 Å². The number of anilines is 1. The van der Waals surface area contributed by atoms with Gasteiger partial charge in [-0.25, -0.2) is 18.0 Å². The van der Waals surface area contributed by atoms with Crippen molar-refractivity contribution in [2.75, 3.05) is 18.5 Å². The number of hydrogen-bond donors (Lipinski definition) is 1. The van der Waals surface area contributed by atoms with E-state index >= 15 is 0 Å². The van der Waals surface area contributed by atoms with Gasteiger partial charge in [0.2, 0.25) is 5.91 Å². The van der Waals surface area contributed by atoms with E-state index in [1.165, 1.54) is 41.4 Å². The molecule has 2 aromatic carbocycles. The maximum absolute atomic E-state index is 15.0. The molecule has 0 radical (unpaired) electrons. The van der Waals surface area contributed by atoms with Crippen molar-refractivity contribution in [1.29, 1.82) is 0 Å². The lowest BCUT2D eigenvalue weighted by atomic mass is 9.88. The number of aldehydes is 1. The molecule has 1 fully saturated rings. The highest BCUT2D eigenvalue weighted by Crippen LogP contribution is 2.32. The fraction of sp³-hybridized carbons (Fsp3) is 0.375. The number of benzene rings is 2. The Morgan fingerprint density at radius 3 is 2.57 bits per heavy atom. The first-order valence-electron chi connectivity index (χ1n) is 14.0. The lowest BCUT2D eigenvalue weighted by Crippen LogP contribution is -2.54. The Morgan fingerprint density at radius 2 is 1.89 bits per heavy atom. The lowest BCUT2D eigenvalue weighted by molar-refractivity contribution is -0.123. The second kappa shape index (κ2) is 14.2. The minimum atomic E-state index is -0.811. The summed E-state index contributed by atoms with van der Waals surface area (Å²) in [4.78, 5) is 42.7. The van der Waals surface area contributed by atoms with Crippen LogP contribution in [0.2, 0.25) is 5.02 Å². The predicted octanol–water partition coefficient (Wildman–Crippen LogP) is 6.45. The Labute approximate surface area is 258 Å². The van der Waals surface area contributed by atoms with Gasteiger partial charge in [-0.15, -0.1) is 0 Å². The molecular weight excluding hydrogens is 599 g/mol. The van der Waals surface area contributed by atoms with Gasteiger partial charge in [-0.3, -0.25) is 14.7 Å². The van der Waals surface area contributed by atoms with Crippen molar-refractivity contribution in [2.24, 2.45) is 0 Å². The van der Waals surface area contributed by atoms with E-state index in [9.17, 15) is 27.6 Å². The van der Waals surface area contributed by atoms with Gasteiger partial charge in [0, 0.05) is 17.9 Å². The van der Waals surface area contributed by atoms with Gasteiger partial charge in [-0.1, -0.05) is 29.8 Å². The topological polar surface area (TPSA) is 97.8 Å². The second-order valence-corrected chi connectivity index (χ2v) is 11.9. The second-order valence-electron chi connectivity index (χ2n) is 11.5. The molecule has 0 bridgehead atoms. The van der Waals surface area contributed by atoms with E-state index < -0.39 is 53.1 Å². The van der Waals surface area contributed by atoms with Crippen molar-refractivity contribution < 1.29 is 37.0 Å². The molecule has 1 aliphatic rings. The van der Waals surface area contributed by atoms with Gasteiger partial charge in [0.1, 0.15) is 35.4 Å². The SMILES string of the molecule is CC(C)(C)OC(=O)N1C[C@@H](CCc2c(F)cncc2NC(=O)C[C@H](c2cccc(F)c2)c2ccc(Cl)c(F)c2)OC[C@H]1C=O. The minimum absolute atomic E-state index is 0.0391. The van der Waals surface area contributed by atoms with Crippen LogP contribution in [0.4, 0.5) is 23.7 Å². The summed E-state index contributed by atoms with van der Waals surface area (Å²) in [6, 6.07) is 8.94. The molecule has 3 atom stereocenters. The summed E-state index contributed by atoms with van der Waals surface area (Å²) in [5, 5.41) is 2.60. The molecule has 234 valence electrons. The minimum Gasteiger partial charge on any atom is -0.444 e. The third kappa shape index (κ3) is 8.57. The fourth-order valence-electron chi connectivity index (χ4n) is 4.95. The molecule has 1 aromatic heterocycles. The number of amides is 2.